The number of hydrogen-bond acceptors (Lipinski definition) is 3. The number of alkyl halides is 1. The third kappa shape index (κ3) is 4.27. The maximum absolute atomic E-state index is 13.9. The topological polar surface area (TPSA) is 51.2 Å². The molecule has 1 aromatic carbocycles. The highest BCUT2D eigenvalue weighted by Crippen LogP contribution is 2.33. The molecule has 26 heavy (non-hydrogen) atoms. The molecule has 0 radical (unpaired) electrons. The molecule has 0 spiro atoms. The lowest BCUT2D eigenvalue weighted by Gasteiger charge is -2.18. The van der Waals surface area contributed by atoms with Gasteiger partial charge in [0.05, 0.1) is 21.8 Å². The Kier molecular flexibility index (Phi) is 5.99. The van der Waals surface area contributed by atoms with Gasteiger partial charge < -0.3 is 10.1 Å². The van der Waals surface area contributed by atoms with Crippen molar-refractivity contribution in [3.05, 3.63) is 51.8 Å². The molecule has 1 atom stereocenters. The van der Waals surface area contributed by atoms with Crippen molar-refractivity contribution in [3.8, 4) is 5.75 Å². The average Bonchev–Trinajstić information content (AvgIpc) is 3.11. The molecule has 1 aromatic heterocycles. The second kappa shape index (κ2) is 8.23. The normalized spacial score (nSPS) is 15.7. The standard InChI is InChI=1S/C19H19Cl2FN2O2/c1-11(22)14-7-6-12(8-17(14)26-13-4-2-3-5-13)19(25)24-18-15(20)9-23-10-16(18)21/h6-11,13H,2-5H2,1H3,(H,23,24,25). The number of hydrogen-bond donors (Lipinski definition) is 1. The zero-order chi connectivity index (χ0) is 18.7. The zero-order valence-corrected chi connectivity index (χ0v) is 15.8. The van der Waals surface area contributed by atoms with Crippen molar-refractivity contribution in [2.75, 3.05) is 5.32 Å². The molecule has 1 heterocycles. The Bertz CT molecular complexity index is 788. The quantitative estimate of drug-likeness (QED) is 0.674. The number of nitrogens with zero attached hydrogens (tertiary/aromatic N) is 1. The SMILES string of the molecule is CC(F)c1ccc(C(=O)Nc2c(Cl)cncc2Cl)cc1OC1CCCC1. The highest BCUT2D eigenvalue weighted by molar-refractivity contribution is 6.39. The van der Waals surface area contributed by atoms with Gasteiger partial charge in [-0.3, -0.25) is 9.78 Å². The third-order valence-corrected chi connectivity index (χ3v) is 4.97. The molecule has 1 N–H and O–H groups in total. The van der Waals surface area contributed by atoms with Crippen LogP contribution in [-0.2, 0) is 0 Å². The van der Waals surface area contributed by atoms with E-state index < -0.39 is 12.1 Å². The van der Waals surface area contributed by atoms with Crippen molar-refractivity contribution in [1.29, 1.82) is 0 Å². The number of rotatable bonds is 5. The lowest BCUT2D eigenvalue weighted by Crippen LogP contribution is -2.16. The number of amides is 1. The van der Waals surface area contributed by atoms with E-state index in [-0.39, 0.29) is 21.8 Å². The summed E-state index contributed by atoms with van der Waals surface area (Å²) in [5, 5.41) is 3.15. The van der Waals surface area contributed by atoms with E-state index in [0.29, 0.717) is 16.9 Å². The molecule has 1 aliphatic rings. The van der Waals surface area contributed by atoms with Crippen LogP contribution in [-0.4, -0.2) is 17.0 Å². The summed E-state index contributed by atoms with van der Waals surface area (Å²) in [6, 6.07) is 4.72. The number of nitrogens with one attached hydrogen (secondary N) is 1. The van der Waals surface area contributed by atoms with E-state index in [2.05, 4.69) is 10.3 Å². The Morgan fingerprint density at radius 2 is 1.92 bits per heavy atom. The van der Waals surface area contributed by atoms with Crippen LogP contribution in [0.1, 0.15) is 54.7 Å². The number of carbonyl (C=O) groups excluding carboxylic acids is 1. The lowest BCUT2D eigenvalue weighted by atomic mass is 10.1. The Labute approximate surface area is 161 Å². The molecule has 1 unspecified atom stereocenters. The lowest BCUT2D eigenvalue weighted by molar-refractivity contribution is 0.102. The molecule has 4 nitrogen and oxygen atoms in total. The van der Waals surface area contributed by atoms with Crippen molar-refractivity contribution in [2.45, 2.75) is 44.9 Å². The molecule has 1 amide bonds. The van der Waals surface area contributed by atoms with Gasteiger partial charge in [-0.15, -0.1) is 0 Å². The van der Waals surface area contributed by atoms with Gasteiger partial charge in [-0.2, -0.15) is 0 Å². The first kappa shape index (κ1) is 18.9. The number of aromatic nitrogens is 1. The molecule has 0 bridgehead atoms. The van der Waals surface area contributed by atoms with Gasteiger partial charge in [-0.05, 0) is 44.7 Å². The van der Waals surface area contributed by atoms with Crippen LogP contribution in [0.5, 0.6) is 5.75 Å². The number of benzene rings is 1. The van der Waals surface area contributed by atoms with Crippen LogP contribution in [0.3, 0.4) is 0 Å². The van der Waals surface area contributed by atoms with E-state index in [1.165, 1.54) is 19.3 Å². The molecule has 1 aliphatic carbocycles. The Morgan fingerprint density at radius 3 is 2.54 bits per heavy atom. The summed E-state index contributed by atoms with van der Waals surface area (Å²) in [6.45, 7) is 1.45. The molecule has 0 saturated heterocycles. The van der Waals surface area contributed by atoms with Crippen LogP contribution in [0, 0.1) is 0 Å². The first-order chi connectivity index (χ1) is 12.5. The van der Waals surface area contributed by atoms with Crippen LogP contribution in [0.15, 0.2) is 30.6 Å². The Hall–Kier alpha value is -1.85. The van der Waals surface area contributed by atoms with Gasteiger partial charge in [0.15, 0.2) is 0 Å². The number of pyridine rings is 1. The van der Waals surface area contributed by atoms with Crippen molar-refractivity contribution in [2.24, 2.45) is 0 Å². The monoisotopic (exact) mass is 396 g/mol. The maximum Gasteiger partial charge on any atom is 0.255 e. The number of ether oxygens (including phenoxy) is 1. The van der Waals surface area contributed by atoms with Crippen LogP contribution >= 0.6 is 23.2 Å². The van der Waals surface area contributed by atoms with Crippen molar-refractivity contribution >= 4 is 34.8 Å². The summed E-state index contributed by atoms with van der Waals surface area (Å²) in [4.78, 5) is 16.4. The van der Waals surface area contributed by atoms with E-state index in [0.717, 1.165) is 25.7 Å². The third-order valence-electron chi connectivity index (χ3n) is 4.39. The van der Waals surface area contributed by atoms with Crippen LogP contribution < -0.4 is 10.1 Å². The highest BCUT2D eigenvalue weighted by atomic mass is 35.5. The van der Waals surface area contributed by atoms with Gasteiger partial charge in [0, 0.05) is 23.5 Å². The van der Waals surface area contributed by atoms with Gasteiger partial charge in [0.1, 0.15) is 11.9 Å². The van der Waals surface area contributed by atoms with Gasteiger partial charge >= 0.3 is 0 Å². The molecule has 138 valence electrons. The van der Waals surface area contributed by atoms with Crippen molar-refractivity contribution in [1.82, 2.24) is 4.98 Å². The van der Waals surface area contributed by atoms with E-state index >= 15 is 0 Å². The summed E-state index contributed by atoms with van der Waals surface area (Å²) in [6.07, 6.45) is 5.76. The summed E-state index contributed by atoms with van der Waals surface area (Å²) in [5.41, 5.74) is 1.06. The molecule has 2 aromatic rings. The van der Waals surface area contributed by atoms with Gasteiger partial charge in [-0.1, -0.05) is 29.3 Å². The first-order valence-corrected chi connectivity index (χ1v) is 9.26. The Balaban J connectivity index is 1.86. The number of carbonyl (C=O) groups is 1. The van der Waals surface area contributed by atoms with Gasteiger partial charge in [0.25, 0.3) is 5.91 Å². The largest absolute Gasteiger partial charge is 0.490 e. The molecule has 0 aliphatic heterocycles. The Morgan fingerprint density at radius 1 is 1.27 bits per heavy atom. The maximum atomic E-state index is 13.9. The molecule has 7 heteroatoms. The predicted molar refractivity (Wildman–Crippen MR) is 101 cm³/mol. The fourth-order valence-corrected chi connectivity index (χ4v) is 3.47. The molecule has 1 saturated carbocycles. The van der Waals surface area contributed by atoms with Gasteiger partial charge in [-0.25, -0.2) is 4.39 Å². The highest BCUT2D eigenvalue weighted by Gasteiger charge is 2.21. The molecule has 3 rings (SSSR count). The van der Waals surface area contributed by atoms with Crippen molar-refractivity contribution < 1.29 is 13.9 Å². The summed E-state index contributed by atoms with van der Waals surface area (Å²) in [5.74, 6) is 0.000746. The minimum Gasteiger partial charge on any atom is -0.490 e. The number of halogens is 3. The fraction of sp³-hybridized carbons (Fsp3) is 0.368. The van der Waals surface area contributed by atoms with E-state index in [4.69, 9.17) is 27.9 Å². The molecular formula is C19H19Cl2FN2O2. The minimum atomic E-state index is -1.19. The second-order valence-electron chi connectivity index (χ2n) is 6.33. The van der Waals surface area contributed by atoms with Crippen LogP contribution in [0.2, 0.25) is 10.0 Å². The predicted octanol–water partition coefficient (Wildman–Crippen LogP) is 5.99. The van der Waals surface area contributed by atoms with Crippen molar-refractivity contribution in [3.63, 3.8) is 0 Å². The summed E-state index contributed by atoms with van der Waals surface area (Å²) in [7, 11) is 0. The van der Waals surface area contributed by atoms with Crippen LogP contribution in [0.4, 0.5) is 10.1 Å². The van der Waals surface area contributed by atoms with E-state index in [1.807, 2.05) is 0 Å². The van der Waals surface area contributed by atoms with Gasteiger partial charge in [0.2, 0.25) is 0 Å². The second-order valence-corrected chi connectivity index (χ2v) is 7.14. The fourth-order valence-electron chi connectivity index (χ4n) is 3.01. The summed E-state index contributed by atoms with van der Waals surface area (Å²) >= 11 is 12.1. The van der Waals surface area contributed by atoms with Crippen LogP contribution in [0.25, 0.3) is 0 Å². The zero-order valence-electron chi connectivity index (χ0n) is 14.3. The summed E-state index contributed by atoms with van der Waals surface area (Å²) < 4.78 is 19.9. The van der Waals surface area contributed by atoms with E-state index in [9.17, 15) is 9.18 Å². The average molecular weight is 397 g/mol. The molecular weight excluding hydrogens is 378 g/mol. The first-order valence-electron chi connectivity index (χ1n) is 8.50. The minimum absolute atomic E-state index is 0.0647. The van der Waals surface area contributed by atoms with E-state index in [1.54, 1.807) is 18.2 Å². The molecule has 1 fully saturated rings. The smallest absolute Gasteiger partial charge is 0.255 e. The number of anilines is 1.